The maximum absolute atomic E-state index is 12.0. The van der Waals surface area contributed by atoms with Crippen LogP contribution >= 0.6 is 0 Å². The molecule has 0 aromatic heterocycles. The highest BCUT2D eigenvalue weighted by Gasteiger charge is 2.26. The number of amides is 1. The summed E-state index contributed by atoms with van der Waals surface area (Å²) in [6, 6.07) is 9.57. The van der Waals surface area contributed by atoms with Gasteiger partial charge in [0.1, 0.15) is 0 Å². The molecule has 1 aromatic rings. The van der Waals surface area contributed by atoms with E-state index in [2.05, 4.69) is 10.0 Å². The zero-order chi connectivity index (χ0) is 13.1. The van der Waals surface area contributed by atoms with E-state index < -0.39 is 0 Å². The van der Waals surface area contributed by atoms with Crippen LogP contribution in [-0.4, -0.2) is 49.4 Å². The van der Waals surface area contributed by atoms with Crippen LogP contribution in [-0.2, 0) is 9.53 Å². The summed E-state index contributed by atoms with van der Waals surface area (Å²) in [5.41, 5.74) is 1.78. The molecule has 0 spiro atoms. The average Bonchev–Trinajstić information content (AvgIpc) is 2.82. The largest absolute Gasteiger partial charge is 0.379 e. The van der Waals surface area contributed by atoms with E-state index in [0.717, 1.165) is 44.2 Å². The fraction of sp³-hybridized carbons (Fsp3) is 0.429. The smallest absolute Gasteiger partial charge is 0.253 e. The van der Waals surface area contributed by atoms with Gasteiger partial charge in [0.05, 0.1) is 31.0 Å². The first-order valence-corrected chi connectivity index (χ1v) is 6.57. The Morgan fingerprint density at radius 1 is 1.16 bits per heavy atom. The minimum atomic E-state index is 0.0504. The molecule has 0 saturated carbocycles. The summed E-state index contributed by atoms with van der Waals surface area (Å²) in [7, 11) is 0. The number of benzene rings is 1. The van der Waals surface area contributed by atoms with Crippen LogP contribution in [0.25, 0.3) is 0 Å². The van der Waals surface area contributed by atoms with Gasteiger partial charge in [-0.2, -0.15) is 5.10 Å². The van der Waals surface area contributed by atoms with Gasteiger partial charge in [0.15, 0.2) is 0 Å². The lowest BCUT2D eigenvalue weighted by Gasteiger charge is -2.26. The lowest BCUT2D eigenvalue weighted by Crippen LogP contribution is -2.39. The molecule has 2 aliphatic heterocycles. The first-order valence-electron chi connectivity index (χ1n) is 6.57. The molecular weight excluding hydrogens is 242 g/mol. The van der Waals surface area contributed by atoms with Crippen LogP contribution in [0.1, 0.15) is 6.42 Å². The minimum Gasteiger partial charge on any atom is -0.379 e. The summed E-state index contributed by atoms with van der Waals surface area (Å²) < 4.78 is 5.32. The highest BCUT2D eigenvalue weighted by molar-refractivity contribution is 6.13. The van der Waals surface area contributed by atoms with Crippen molar-refractivity contribution in [2.75, 3.05) is 37.9 Å². The lowest BCUT2D eigenvalue weighted by atomic mass is 10.2. The number of carbonyl (C=O) groups is 1. The van der Waals surface area contributed by atoms with Gasteiger partial charge in [-0.25, -0.2) is 5.01 Å². The normalized spacial score (nSPS) is 20.7. The maximum atomic E-state index is 12.0. The van der Waals surface area contributed by atoms with E-state index in [9.17, 15) is 4.79 Å². The third-order valence-corrected chi connectivity index (χ3v) is 3.34. The molecule has 19 heavy (non-hydrogen) atoms. The van der Waals surface area contributed by atoms with Gasteiger partial charge in [0.2, 0.25) is 0 Å². The number of nitrogens with zero attached hydrogens (tertiary/aromatic N) is 3. The fourth-order valence-corrected chi connectivity index (χ4v) is 2.36. The summed E-state index contributed by atoms with van der Waals surface area (Å²) >= 11 is 0. The SMILES string of the molecule is O=C1CC(CN2CCOCC2)=NN1c1ccccc1. The Hall–Kier alpha value is -1.72. The van der Waals surface area contributed by atoms with Gasteiger partial charge in [0, 0.05) is 19.6 Å². The molecule has 0 aliphatic carbocycles. The van der Waals surface area contributed by atoms with Gasteiger partial charge in [-0.15, -0.1) is 0 Å². The van der Waals surface area contributed by atoms with Crippen molar-refractivity contribution < 1.29 is 9.53 Å². The Morgan fingerprint density at radius 2 is 1.89 bits per heavy atom. The molecule has 1 amide bonds. The van der Waals surface area contributed by atoms with Crippen molar-refractivity contribution >= 4 is 17.3 Å². The quantitative estimate of drug-likeness (QED) is 0.817. The number of para-hydroxylation sites is 1. The van der Waals surface area contributed by atoms with E-state index >= 15 is 0 Å². The number of rotatable bonds is 3. The van der Waals surface area contributed by atoms with Crippen molar-refractivity contribution in [2.45, 2.75) is 6.42 Å². The lowest BCUT2D eigenvalue weighted by molar-refractivity contribution is -0.116. The zero-order valence-corrected chi connectivity index (χ0v) is 10.8. The molecule has 2 heterocycles. The Bertz CT molecular complexity index is 481. The van der Waals surface area contributed by atoms with Crippen molar-refractivity contribution in [1.29, 1.82) is 0 Å². The van der Waals surface area contributed by atoms with Gasteiger partial charge < -0.3 is 4.74 Å². The van der Waals surface area contributed by atoms with Crippen molar-refractivity contribution in [1.82, 2.24) is 4.90 Å². The molecule has 1 aromatic carbocycles. The average molecular weight is 259 g/mol. The zero-order valence-electron chi connectivity index (χ0n) is 10.8. The van der Waals surface area contributed by atoms with Crippen LogP contribution in [0.15, 0.2) is 35.4 Å². The summed E-state index contributed by atoms with van der Waals surface area (Å²) in [4.78, 5) is 14.3. The number of anilines is 1. The van der Waals surface area contributed by atoms with Crippen LogP contribution in [0.5, 0.6) is 0 Å². The highest BCUT2D eigenvalue weighted by Crippen LogP contribution is 2.20. The van der Waals surface area contributed by atoms with Gasteiger partial charge in [0.25, 0.3) is 5.91 Å². The van der Waals surface area contributed by atoms with Crippen LogP contribution in [0.3, 0.4) is 0 Å². The highest BCUT2D eigenvalue weighted by atomic mass is 16.5. The molecule has 3 rings (SSSR count). The second-order valence-electron chi connectivity index (χ2n) is 4.77. The van der Waals surface area contributed by atoms with Crippen LogP contribution in [0.4, 0.5) is 5.69 Å². The van der Waals surface area contributed by atoms with E-state index in [4.69, 9.17) is 4.74 Å². The summed E-state index contributed by atoms with van der Waals surface area (Å²) in [6.45, 7) is 4.13. The Morgan fingerprint density at radius 3 is 2.63 bits per heavy atom. The predicted molar refractivity (Wildman–Crippen MR) is 73.2 cm³/mol. The maximum Gasteiger partial charge on any atom is 0.253 e. The molecule has 0 bridgehead atoms. The number of hydrogen-bond acceptors (Lipinski definition) is 4. The first kappa shape index (κ1) is 12.3. The Labute approximate surface area is 112 Å². The molecule has 100 valence electrons. The number of carbonyl (C=O) groups excluding carboxylic acids is 1. The summed E-state index contributed by atoms with van der Waals surface area (Å²) in [6.07, 6.45) is 0.423. The molecule has 5 nitrogen and oxygen atoms in total. The molecule has 0 radical (unpaired) electrons. The van der Waals surface area contributed by atoms with Gasteiger partial charge in [-0.3, -0.25) is 9.69 Å². The number of hydrazone groups is 1. The van der Waals surface area contributed by atoms with Crippen molar-refractivity contribution in [3.05, 3.63) is 30.3 Å². The molecule has 1 saturated heterocycles. The molecule has 0 N–H and O–H groups in total. The Kier molecular flexibility index (Phi) is 3.57. The molecule has 5 heteroatoms. The molecule has 0 atom stereocenters. The van der Waals surface area contributed by atoms with E-state index in [-0.39, 0.29) is 5.91 Å². The molecule has 2 aliphatic rings. The topological polar surface area (TPSA) is 45.1 Å². The van der Waals surface area contributed by atoms with Crippen LogP contribution in [0, 0.1) is 0 Å². The molecular formula is C14H17N3O2. The van der Waals surface area contributed by atoms with E-state index in [1.54, 1.807) is 0 Å². The van der Waals surface area contributed by atoms with E-state index in [1.807, 2.05) is 30.3 Å². The van der Waals surface area contributed by atoms with Gasteiger partial charge in [-0.1, -0.05) is 18.2 Å². The standard InChI is InChI=1S/C14H17N3O2/c18-14-10-12(11-16-6-8-19-9-7-16)15-17(14)13-4-2-1-3-5-13/h1-5H,6-11H2. The van der Waals surface area contributed by atoms with E-state index in [0.29, 0.717) is 6.42 Å². The fourth-order valence-electron chi connectivity index (χ4n) is 2.36. The van der Waals surface area contributed by atoms with Crippen molar-refractivity contribution in [2.24, 2.45) is 5.10 Å². The first-order chi connectivity index (χ1) is 9.33. The third-order valence-electron chi connectivity index (χ3n) is 3.34. The second kappa shape index (κ2) is 5.50. The molecule has 0 unspecified atom stereocenters. The third kappa shape index (κ3) is 2.83. The number of hydrogen-bond donors (Lipinski definition) is 0. The summed E-state index contributed by atoms with van der Waals surface area (Å²) in [5, 5.41) is 5.96. The van der Waals surface area contributed by atoms with Gasteiger partial charge >= 0.3 is 0 Å². The summed E-state index contributed by atoms with van der Waals surface area (Å²) in [5.74, 6) is 0.0504. The van der Waals surface area contributed by atoms with Crippen LogP contribution < -0.4 is 5.01 Å². The number of morpholine rings is 1. The second-order valence-corrected chi connectivity index (χ2v) is 4.77. The van der Waals surface area contributed by atoms with E-state index in [1.165, 1.54) is 5.01 Å². The Balaban J connectivity index is 1.69. The van der Waals surface area contributed by atoms with Crippen LogP contribution in [0.2, 0.25) is 0 Å². The minimum absolute atomic E-state index is 0.0504. The predicted octanol–water partition coefficient (Wildman–Crippen LogP) is 1.11. The molecule has 1 fully saturated rings. The van der Waals surface area contributed by atoms with Crippen molar-refractivity contribution in [3.63, 3.8) is 0 Å². The monoisotopic (exact) mass is 259 g/mol. The van der Waals surface area contributed by atoms with Crippen molar-refractivity contribution in [3.8, 4) is 0 Å². The number of ether oxygens (including phenoxy) is 1. The van der Waals surface area contributed by atoms with Gasteiger partial charge in [-0.05, 0) is 12.1 Å².